The predicted octanol–water partition coefficient (Wildman–Crippen LogP) is 3.65. The summed E-state index contributed by atoms with van der Waals surface area (Å²) in [6.07, 6.45) is 5.19. The Kier molecular flexibility index (Phi) is 5.80. The molecule has 0 bridgehead atoms. The summed E-state index contributed by atoms with van der Waals surface area (Å²) in [6.45, 7) is 0.341. The Hall–Kier alpha value is -3.20. The number of Topliss-reactive ketones (excluding diaryl/α,β-unsaturated/α-hetero) is 1. The molecule has 2 aromatic heterocycles. The molecule has 1 aromatic carbocycles. The van der Waals surface area contributed by atoms with Crippen molar-refractivity contribution >= 4 is 23.2 Å². The molecule has 0 spiro atoms. The van der Waals surface area contributed by atoms with Crippen molar-refractivity contribution in [3.8, 4) is 0 Å². The number of non-ortho nitro benzene ring substituents is 1. The minimum Gasteiger partial charge on any atom is -0.467 e. The highest BCUT2D eigenvalue weighted by Crippen LogP contribution is 2.29. The number of furan rings is 1. The Bertz CT molecular complexity index is 1140. The van der Waals surface area contributed by atoms with Crippen molar-refractivity contribution in [3.63, 3.8) is 0 Å². The van der Waals surface area contributed by atoms with Gasteiger partial charge in [0.25, 0.3) is 5.69 Å². The molecule has 4 rings (SSSR count). The highest BCUT2D eigenvalue weighted by Gasteiger charge is 2.22. The van der Waals surface area contributed by atoms with Gasteiger partial charge in [-0.1, -0.05) is 11.8 Å². The average molecular weight is 425 g/mol. The number of nitro benzene ring substituents is 1. The van der Waals surface area contributed by atoms with Gasteiger partial charge < -0.3 is 4.42 Å². The van der Waals surface area contributed by atoms with Crippen molar-refractivity contribution in [1.29, 1.82) is 0 Å². The molecule has 154 valence electrons. The van der Waals surface area contributed by atoms with Crippen molar-refractivity contribution in [2.45, 2.75) is 37.3 Å². The summed E-state index contributed by atoms with van der Waals surface area (Å²) >= 11 is 1.25. The van der Waals surface area contributed by atoms with Crippen LogP contribution in [-0.2, 0) is 19.4 Å². The van der Waals surface area contributed by atoms with Gasteiger partial charge in [-0.2, -0.15) is 4.98 Å². The Labute approximate surface area is 176 Å². The first kappa shape index (κ1) is 20.1. The lowest BCUT2D eigenvalue weighted by molar-refractivity contribution is -0.384. The van der Waals surface area contributed by atoms with Crippen molar-refractivity contribution < 1.29 is 14.1 Å². The van der Waals surface area contributed by atoms with E-state index < -0.39 is 4.92 Å². The summed E-state index contributed by atoms with van der Waals surface area (Å²) in [7, 11) is 0. The number of thioether (sulfide) groups is 1. The van der Waals surface area contributed by atoms with Crippen LogP contribution in [-0.4, -0.2) is 26.0 Å². The average Bonchev–Trinajstić information content (AvgIpc) is 3.27. The maximum atomic E-state index is 12.7. The number of hydrogen-bond acceptors (Lipinski definition) is 7. The molecule has 1 aliphatic carbocycles. The van der Waals surface area contributed by atoms with E-state index in [2.05, 4.69) is 4.98 Å². The van der Waals surface area contributed by atoms with Crippen LogP contribution < -0.4 is 5.69 Å². The number of ketones is 1. The third-order valence-corrected chi connectivity index (χ3v) is 6.10. The Balaban J connectivity index is 1.55. The fourth-order valence-corrected chi connectivity index (χ4v) is 4.55. The monoisotopic (exact) mass is 425 g/mol. The minimum absolute atomic E-state index is 0.0601. The standard InChI is InChI=1S/C21H19N3O5S/c25-19(14-7-9-15(10-8-14)24(27)28)13-30-20-17-5-1-2-6-18(17)23(21(26)22-20)12-16-4-3-11-29-16/h3-4,7-11H,1-2,5-6,12-13H2. The van der Waals surface area contributed by atoms with Crippen LogP contribution in [0.3, 0.4) is 0 Å². The maximum absolute atomic E-state index is 12.7. The van der Waals surface area contributed by atoms with E-state index >= 15 is 0 Å². The zero-order valence-corrected chi connectivity index (χ0v) is 16.9. The molecule has 0 radical (unpaired) electrons. The van der Waals surface area contributed by atoms with Crippen LogP contribution in [0.15, 0.2) is 56.9 Å². The number of carbonyl (C=O) groups excluding carboxylic acids is 1. The Morgan fingerprint density at radius 2 is 1.97 bits per heavy atom. The van der Waals surface area contributed by atoms with Crippen LogP contribution in [0.2, 0.25) is 0 Å². The topological polar surface area (TPSA) is 108 Å². The summed E-state index contributed by atoms with van der Waals surface area (Å²) in [5, 5.41) is 11.4. The molecule has 0 fully saturated rings. The Morgan fingerprint density at radius 1 is 1.20 bits per heavy atom. The van der Waals surface area contributed by atoms with Gasteiger partial charge in [0.2, 0.25) is 0 Å². The molecule has 0 aliphatic heterocycles. The second kappa shape index (κ2) is 8.66. The molecule has 1 aliphatic rings. The zero-order chi connectivity index (χ0) is 21.1. The van der Waals surface area contributed by atoms with Crippen molar-refractivity contribution in [2.24, 2.45) is 0 Å². The first-order valence-corrected chi connectivity index (χ1v) is 10.6. The smallest absolute Gasteiger partial charge is 0.349 e. The van der Waals surface area contributed by atoms with E-state index in [1.165, 1.54) is 36.0 Å². The van der Waals surface area contributed by atoms with Gasteiger partial charge in [0.15, 0.2) is 5.78 Å². The van der Waals surface area contributed by atoms with Crippen molar-refractivity contribution in [1.82, 2.24) is 9.55 Å². The van der Waals surface area contributed by atoms with Gasteiger partial charge in [0, 0.05) is 29.0 Å². The van der Waals surface area contributed by atoms with E-state index in [9.17, 15) is 19.7 Å². The van der Waals surface area contributed by atoms with Crippen molar-refractivity contribution in [2.75, 3.05) is 5.75 Å². The summed E-state index contributed by atoms with van der Waals surface area (Å²) in [5.41, 5.74) is 1.97. The second-order valence-corrected chi connectivity index (χ2v) is 7.98. The van der Waals surface area contributed by atoms with Crippen LogP contribution in [0.4, 0.5) is 5.69 Å². The summed E-state index contributed by atoms with van der Waals surface area (Å²) in [5.74, 6) is 0.639. The van der Waals surface area contributed by atoms with Gasteiger partial charge in [0.1, 0.15) is 10.8 Å². The molecule has 3 aromatic rings. The number of nitrogens with zero attached hydrogens (tertiary/aromatic N) is 3. The van der Waals surface area contributed by atoms with Crippen LogP contribution in [0.25, 0.3) is 0 Å². The first-order chi connectivity index (χ1) is 14.5. The highest BCUT2D eigenvalue weighted by molar-refractivity contribution is 8.00. The molecule has 0 atom stereocenters. The zero-order valence-electron chi connectivity index (χ0n) is 16.1. The maximum Gasteiger partial charge on any atom is 0.349 e. The fraction of sp³-hybridized carbons (Fsp3) is 0.286. The lowest BCUT2D eigenvalue weighted by Crippen LogP contribution is -2.30. The second-order valence-electron chi connectivity index (χ2n) is 7.01. The van der Waals surface area contributed by atoms with E-state index in [0.717, 1.165) is 36.9 Å². The summed E-state index contributed by atoms with van der Waals surface area (Å²) < 4.78 is 7.05. The number of aromatic nitrogens is 2. The highest BCUT2D eigenvalue weighted by atomic mass is 32.2. The molecule has 0 N–H and O–H groups in total. The first-order valence-electron chi connectivity index (χ1n) is 9.58. The van der Waals surface area contributed by atoms with E-state index in [0.29, 0.717) is 22.9 Å². The number of nitro groups is 1. The van der Waals surface area contributed by atoms with E-state index in [1.807, 2.05) is 6.07 Å². The lowest BCUT2D eigenvalue weighted by atomic mass is 9.97. The SMILES string of the molecule is O=C(CSc1nc(=O)n(Cc2ccco2)c2c1CCCC2)c1ccc([N+](=O)[O-])cc1. The minimum atomic E-state index is -0.503. The van der Waals surface area contributed by atoms with E-state index in [1.54, 1.807) is 16.9 Å². The van der Waals surface area contributed by atoms with E-state index in [-0.39, 0.29) is 22.9 Å². The van der Waals surface area contributed by atoms with Crippen LogP contribution >= 0.6 is 11.8 Å². The number of benzene rings is 1. The van der Waals surface area contributed by atoms with Gasteiger partial charge in [-0.3, -0.25) is 19.5 Å². The molecule has 2 heterocycles. The number of fused-ring (bicyclic) bond motifs is 1. The molecule has 8 nitrogen and oxygen atoms in total. The number of hydrogen-bond donors (Lipinski definition) is 0. The third kappa shape index (κ3) is 4.20. The normalized spacial score (nSPS) is 13.1. The molecule has 9 heteroatoms. The lowest BCUT2D eigenvalue weighted by Gasteiger charge is -2.22. The van der Waals surface area contributed by atoms with Crippen LogP contribution in [0.5, 0.6) is 0 Å². The number of rotatable bonds is 7. The fourth-order valence-electron chi connectivity index (χ4n) is 3.57. The van der Waals surface area contributed by atoms with Gasteiger partial charge in [0.05, 0.1) is 23.5 Å². The predicted molar refractivity (Wildman–Crippen MR) is 111 cm³/mol. The molecule has 0 amide bonds. The van der Waals surface area contributed by atoms with Gasteiger partial charge >= 0.3 is 5.69 Å². The molecule has 30 heavy (non-hydrogen) atoms. The molecule has 0 saturated carbocycles. The Morgan fingerprint density at radius 3 is 2.67 bits per heavy atom. The van der Waals surface area contributed by atoms with Gasteiger partial charge in [-0.05, 0) is 49.9 Å². The largest absolute Gasteiger partial charge is 0.467 e. The third-order valence-electron chi connectivity index (χ3n) is 5.08. The van der Waals surface area contributed by atoms with Crippen LogP contribution in [0, 0.1) is 10.1 Å². The number of carbonyl (C=O) groups is 1. The molecule has 0 unspecified atom stereocenters. The summed E-state index contributed by atoms with van der Waals surface area (Å²) in [6, 6.07) is 9.14. The van der Waals surface area contributed by atoms with Gasteiger partial charge in [-0.25, -0.2) is 4.79 Å². The molecule has 0 saturated heterocycles. The van der Waals surface area contributed by atoms with Crippen molar-refractivity contribution in [3.05, 3.63) is 85.8 Å². The molecular weight excluding hydrogens is 406 g/mol. The quantitative estimate of drug-likeness (QED) is 0.187. The van der Waals surface area contributed by atoms with Gasteiger partial charge in [-0.15, -0.1) is 0 Å². The van der Waals surface area contributed by atoms with Crippen LogP contribution in [0.1, 0.15) is 40.2 Å². The molecular formula is C21H19N3O5S. The van der Waals surface area contributed by atoms with E-state index in [4.69, 9.17) is 4.42 Å². The summed E-state index contributed by atoms with van der Waals surface area (Å²) in [4.78, 5) is 39.7.